The molecule has 2 aliphatic heterocycles. The molecule has 2 aliphatic rings. The van der Waals surface area contributed by atoms with Gasteiger partial charge in [-0.25, -0.2) is 4.98 Å². The third-order valence-electron chi connectivity index (χ3n) is 5.17. The summed E-state index contributed by atoms with van der Waals surface area (Å²) >= 11 is 3.63. The summed E-state index contributed by atoms with van der Waals surface area (Å²) in [4.78, 5) is 10.2. The summed E-state index contributed by atoms with van der Waals surface area (Å²) in [6.07, 6.45) is 6.80. The minimum atomic E-state index is 0.473. The Kier molecular flexibility index (Phi) is 3.35. The van der Waals surface area contributed by atoms with Crippen LogP contribution < -0.4 is 5.32 Å². The maximum atomic E-state index is 9.01. The number of pyridine rings is 1. The van der Waals surface area contributed by atoms with Gasteiger partial charge in [-0.1, -0.05) is 0 Å². The van der Waals surface area contributed by atoms with E-state index in [1.54, 1.807) is 0 Å². The van der Waals surface area contributed by atoms with Gasteiger partial charge in [-0.15, -0.1) is 0 Å². The lowest BCUT2D eigenvalue weighted by atomic mass is 9.98. The van der Waals surface area contributed by atoms with Gasteiger partial charge in [0.1, 0.15) is 17.6 Å². The molecule has 1 unspecified atom stereocenters. The van der Waals surface area contributed by atoms with Crippen molar-refractivity contribution in [3.63, 3.8) is 0 Å². The van der Waals surface area contributed by atoms with E-state index in [-0.39, 0.29) is 0 Å². The number of nitrogens with zero attached hydrogens (tertiary/aromatic N) is 3. The minimum absolute atomic E-state index is 0.473. The molecule has 6 heteroatoms. The Morgan fingerprint density at radius 2 is 2.14 bits per heavy atom. The van der Waals surface area contributed by atoms with Crippen molar-refractivity contribution in [3.8, 4) is 6.07 Å². The Labute approximate surface area is 137 Å². The van der Waals surface area contributed by atoms with Crippen molar-refractivity contribution in [2.75, 3.05) is 12.4 Å². The Hall–Kier alpha value is -1.58. The first-order valence-electron chi connectivity index (χ1n) is 7.71. The highest BCUT2D eigenvalue weighted by molar-refractivity contribution is 9.10. The molecular formula is C16H18BrN5. The van der Waals surface area contributed by atoms with Gasteiger partial charge in [0.15, 0.2) is 0 Å². The zero-order valence-electron chi connectivity index (χ0n) is 12.4. The second kappa shape index (κ2) is 5.25. The Bertz CT molecular complexity index is 748. The summed E-state index contributed by atoms with van der Waals surface area (Å²) in [7, 11) is 2.25. The molecule has 0 saturated carbocycles. The van der Waals surface area contributed by atoms with Crippen molar-refractivity contribution in [3.05, 3.63) is 22.4 Å². The number of rotatable bonds is 2. The highest BCUT2D eigenvalue weighted by atomic mass is 79.9. The molecule has 2 bridgehead atoms. The number of nitriles is 1. The zero-order chi connectivity index (χ0) is 15.3. The van der Waals surface area contributed by atoms with Crippen LogP contribution in [0, 0.1) is 11.3 Å². The van der Waals surface area contributed by atoms with Crippen molar-refractivity contribution >= 4 is 32.7 Å². The van der Waals surface area contributed by atoms with Gasteiger partial charge in [-0.3, -0.25) is 0 Å². The van der Waals surface area contributed by atoms with E-state index < -0.39 is 0 Å². The monoisotopic (exact) mass is 359 g/mol. The van der Waals surface area contributed by atoms with E-state index in [2.05, 4.69) is 49.2 Å². The van der Waals surface area contributed by atoms with E-state index in [4.69, 9.17) is 5.26 Å². The van der Waals surface area contributed by atoms with Crippen LogP contribution in [0.4, 0.5) is 5.82 Å². The lowest BCUT2D eigenvalue weighted by Crippen LogP contribution is -2.44. The van der Waals surface area contributed by atoms with Crippen LogP contribution in [-0.2, 0) is 0 Å². The lowest BCUT2D eigenvalue weighted by Gasteiger charge is -2.36. The topological polar surface area (TPSA) is 67.7 Å². The van der Waals surface area contributed by atoms with E-state index in [1.807, 2.05) is 12.3 Å². The molecule has 0 radical (unpaired) electrons. The summed E-state index contributed by atoms with van der Waals surface area (Å²) in [5.74, 6) is 0.868. The van der Waals surface area contributed by atoms with Crippen LogP contribution in [0.5, 0.6) is 0 Å². The first-order valence-corrected chi connectivity index (χ1v) is 8.51. The van der Waals surface area contributed by atoms with Crippen molar-refractivity contribution in [2.45, 2.75) is 43.8 Å². The van der Waals surface area contributed by atoms with Crippen LogP contribution in [0.25, 0.3) is 10.9 Å². The molecule has 0 spiro atoms. The molecule has 22 heavy (non-hydrogen) atoms. The van der Waals surface area contributed by atoms with Gasteiger partial charge in [0.25, 0.3) is 0 Å². The smallest absolute Gasteiger partial charge is 0.142 e. The minimum Gasteiger partial charge on any atom is -0.366 e. The van der Waals surface area contributed by atoms with Crippen molar-refractivity contribution in [1.82, 2.24) is 14.9 Å². The fourth-order valence-electron chi connectivity index (χ4n) is 3.95. The third-order valence-corrected chi connectivity index (χ3v) is 5.94. The van der Waals surface area contributed by atoms with Gasteiger partial charge in [0, 0.05) is 29.7 Å². The van der Waals surface area contributed by atoms with E-state index in [0.29, 0.717) is 23.8 Å². The number of piperidine rings is 1. The molecule has 0 aromatic carbocycles. The number of H-pyrrole nitrogens is 1. The summed E-state index contributed by atoms with van der Waals surface area (Å²) in [6, 6.07) is 5.84. The number of aromatic nitrogens is 2. The molecule has 2 fully saturated rings. The molecule has 2 aromatic heterocycles. The molecule has 3 atom stereocenters. The molecule has 4 rings (SSSR count). The molecular weight excluding hydrogens is 342 g/mol. The van der Waals surface area contributed by atoms with Crippen LogP contribution in [0.3, 0.4) is 0 Å². The normalized spacial score (nSPS) is 28.0. The molecule has 114 valence electrons. The number of nitrogens with one attached hydrogen (secondary N) is 2. The molecule has 2 saturated heterocycles. The highest BCUT2D eigenvalue weighted by Gasteiger charge is 2.38. The largest absolute Gasteiger partial charge is 0.366 e. The van der Waals surface area contributed by atoms with Crippen LogP contribution in [0.1, 0.15) is 31.4 Å². The van der Waals surface area contributed by atoms with E-state index >= 15 is 0 Å². The number of hydrogen-bond donors (Lipinski definition) is 2. The number of aromatic amines is 1. The van der Waals surface area contributed by atoms with Gasteiger partial charge >= 0.3 is 0 Å². The molecule has 0 aliphatic carbocycles. The van der Waals surface area contributed by atoms with Gasteiger partial charge in [-0.2, -0.15) is 5.26 Å². The molecule has 2 aromatic rings. The van der Waals surface area contributed by atoms with E-state index in [1.165, 1.54) is 25.7 Å². The summed E-state index contributed by atoms with van der Waals surface area (Å²) in [5, 5.41) is 13.6. The molecule has 4 heterocycles. The van der Waals surface area contributed by atoms with Crippen molar-refractivity contribution in [1.29, 1.82) is 5.26 Å². The average Bonchev–Trinajstić information content (AvgIpc) is 3.01. The fourth-order valence-corrected chi connectivity index (χ4v) is 4.49. The van der Waals surface area contributed by atoms with Gasteiger partial charge in [0.05, 0.1) is 9.99 Å². The predicted octanol–water partition coefficient (Wildman–Crippen LogP) is 3.23. The van der Waals surface area contributed by atoms with Crippen LogP contribution in [0.15, 0.2) is 16.7 Å². The highest BCUT2D eigenvalue weighted by Crippen LogP contribution is 2.37. The average molecular weight is 360 g/mol. The summed E-state index contributed by atoms with van der Waals surface area (Å²) in [6.45, 7) is 0. The first-order chi connectivity index (χ1) is 10.7. The number of halogens is 1. The van der Waals surface area contributed by atoms with E-state index in [0.717, 1.165) is 21.2 Å². The second-order valence-electron chi connectivity index (χ2n) is 6.41. The number of hydrogen-bond acceptors (Lipinski definition) is 4. The SMILES string of the molecule is CN1[C@@H]2CC[C@H]1CC(Nc1ncc3cc(C#N)[nH]c3c1Br)C2. The van der Waals surface area contributed by atoms with Crippen LogP contribution in [-0.4, -0.2) is 40.0 Å². The molecule has 2 N–H and O–H groups in total. The quantitative estimate of drug-likeness (QED) is 0.863. The Balaban J connectivity index is 1.60. The van der Waals surface area contributed by atoms with Crippen LogP contribution >= 0.6 is 15.9 Å². The summed E-state index contributed by atoms with van der Waals surface area (Å²) in [5.41, 5.74) is 1.50. The summed E-state index contributed by atoms with van der Waals surface area (Å²) < 4.78 is 0.915. The zero-order valence-corrected chi connectivity index (χ0v) is 14.0. The van der Waals surface area contributed by atoms with E-state index in [9.17, 15) is 0 Å². The van der Waals surface area contributed by atoms with Gasteiger partial charge in [-0.05, 0) is 54.7 Å². The predicted molar refractivity (Wildman–Crippen MR) is 89.7 cm³/mol. The number of fused-ring (bicyclic) bond motifs is 3. The lowest BCUT2D eigenvalue weighted by molar-refractivity contribution is 0.168. The van der Waals surface area contributed by atoms with Gasteiger partial charge < -0.3 is 15.2 Å². The first kappa shape index (κ1) is 14.0. The van der Waals surface area contributed by atoms with Gasteiger partial charge in [0.2, 0.25) is 0 Å². The number of anilines is 1. The molecule has 0 amide bonds. The standard InChI is InChI=1S/C16H18BrN5/c1-22-12-2-3-13(22)6-10(5-12)21-16-14(17)15-9(8-19-16)4-11(7-18)20-15/h4,8,10,12-13,20H,2-3,5-6H2,1H3,(H,19,21)/t10?,12-,13+. The Morgan fingerprint density at radius 3 is 2.82 bits per heavy atom. The van der Waals surface area contributed by atoms with Crippen molar-refractivity contribution < 1.29 is 0 Å². The maximum Gasteiger partial charge on any atom is 0.142 e. The van der Waals surface area contributed by atoms with Crippen molar-refractivity contribution in [2.24, 2.45) is 0 Å². The maximum absolute atomic E-state index is 9.01. The fraction of sp³-hybridized carbons (Fsp3) is 0.500. The molecule has 5 nitrogen and oxygen atoms in total. The van der Waals surface area contributed by atoms with Crippen LogP contribution in [0.2, 0.25) is 0 Å². The third kappa shape index (κ3) is 2.20. The second-order valence-corrected chi connectivity index (χ2v) is 7.20. The Morgan fingerprint density at radius 1 is 1.41 bits per heavy atom.